The Kier molecular flexibility index (Phi) is 6.13. The molecular formula is C23H21FN4. The first-order valence-electron chi connectivity index (χ1n) is 9.13. The van der Waals surface area contributed by atoms with Crippen LogP contribution in [0, 0.1) is 23.1 Å². The van der Waals surface area contributed by atoms with Gasteiger partial charge < -0.3 is 10.7 Å². The maximum absolute atomic E-state index is 13.3. The molecule has 1 aromatic heterocycles. The molecule has 140 valence electrons. The quantitative estimate of drug-likeness (QED) is 0.495. The number of anilines is 1. The minimum absolute atomic E-state index is 0.321. The minimum atomic E-state index is -0.321. The minimum Gasteiger partial charge on any atom is -0.384 e. The van der Waals surface area contributed by atoms with E-state index in [9.17, 15) is 4.39 Å². The molecule has 0 atom stereocenters. The lowest BCUT2D eigenvalue weighted by Gasteiger charge is -2.13. The lowest BCUT2D eigenvalue weighted by atomic mass is 10.1. The number of hydrogen-bond donors (Lipinski definition) is 2. The number of nitrogens with zero attached hydrogens (tertiary/aromatic N) is 2. The zero-order valence-electron chi connectivity index (χ0n) is 15.9. The van der Waals surface area contributed by atoms with E-state index >= 15 is 0 Å². The van der Waals surface area contributed by atoms with Gasteiger partial charge in [0.25, 0.3) is 0 Å². The van der Waals surface area contributed by atoms with Crippen LogP contribution in [0.2, 0.25) is 0 Å². The van der Waals surface area contributed by atoms with Crippen molar-refractivity contribution in [2.45, 2.75) is 19.8 Å². The molecule has 3 aromatic rings. The van der Waals surface area contributed by atoms with Crippen molar-refractivity contribution in [2.75, 3.05) is 12.4 Å². The molecule has 1 heterocycles. The van der Waals surface area contributed by atoms with Crippen LogP contribution in [0.4, 0.5) is 10.1 Å². The smallest absolute Gasteiger partial charge is 0.161 e. The van der Waals surface area contributed by atoms with E-state index < -0.39 is 0 Å². The predicted octanol–water partition coefficient (Wildman–Crippen LogP) is 4.89. The highest BCUT2D eigenvalue weighted by Crippen LogP contribution is 2.24. The van der Waals surface area contributed by atoms with Gasteiger partial charge in [-0.25, -0.2) is 14.4 Å². The first kappa shape index (κ1) is 19.2. The summed E-state index contributed by atoms with van der Waals surface area (Å²) in [5.74, 6) is 6.32. The summed E-state index contributed by atoms with van der Waals surface area (Å²) < 4.78 is 13.3. The van der Waals surface area contributed by atoms with Crippen molar-refractivity contribution in [2.24, 2.45) is 0 Å². The van der Waals surface area contributed by atoms with Gasteiger partial charge in [-0.05, 0) is 48.7 Å². The summed E-state index contributed by atoms with van der Waals surface area (Å²) in [7, 11) is 1.77. The molecule has 0 spiro atoms. The summed E-state index contributed by atoms with van der Waals surface area (Å²) in [4.78, 5) is 9.18. The first-order valence-corrected chi connectivity index (χ1v) is 9.13. The molecule has 28 heavy (non-hydrogen) atoms. The van der Waals surface area contributed by atoms with E-state index in [1.54, 1.807) is 19.2 Å². The number of hydrogen-bond acceptors (Lipinski definition) is 4. The normalized spacial score (nSPS) is 10.1. The highest BCUT2D eigenvalue weighted by atomic mass is 19.1. The van der Waals surface area contributed by atoms with Crippen LogP contribution in [-0.2, 0) is 0 Å². The molecule has 5 heteroatoms. The molecule has 0 unspecified atom stereocenters. The Morgan fingerprint density at radius 2 is 1.75 bits per heavy atom. The third-order valence-electron chi connectivity index (χ3n) is 4.15. The number of halogens is 1. The molecule has 0 aliphatic heterocycles. The Bertz CT molecular complexity index is 1030. The van der Waals surface area contributed by atoms with Crippen LogP contribution in [0.1, 0.15) is 36.7 Å². The molecule has 4 nitrogen and oxygen atoms in total. The second kappa shape index (κ2) is 8.92. The van der Waals surface area contributed by atoms with Crippen LogP contribution in [0.5, 0.6) is 0 Å². The van der Waals surface area contributed by atoms with E-state index in [2.05, 4.69) is 27.1 Å². The Labute approximate surface area is 164 Å². The largest absolute Gasteiger partial charge is 0.384 e. The van der Waals surface area contributed by atoms with Crippen LogP contribution in [0.25, 0.3) is 11.4 Å². The monoisotopic (exact) mass is 372 g/mol. The van der Waals surface area contributed by atoms with Crippen molar-refractivity contribution in [3.05, 3.63) is 77.4 Å². The van der Waals surface area contributed by atoms with Crippen LogP contribution in [0.15, 0.2) is 54.6 Å². The maximum atomic E-state index is 13.3. The van der Waals surface area contributed by atoms with Crippen molar-refractivity contribution in [3.8, 4) is 23.2 Å². The SMILES string of the molecule is CCCC(=N)c1nc(-c2ccc(F)cc2)nc(C#Cc2ccccc2)c1NC. The fourth-order valence-corrected chi connectivity index (χ4v) is 2.76. The molecule has 2 N–H and O–H groups in total. The van der Waals surface area contributed by atoms with Crippen molar-refractivity contribution >= 4 is 11.4 Å². The van der Waals surface area contributed by atoms with E-state index in [0.29, 0.717) is 40.6 Å². The molecule has 0 bridgehead atoms. The van der Waals surface area contributed by atoms with Gasteiger partial charge in [-0.2, -0.15) is 0 Å². The second-order valence-corrected chi connectivity index (χ2v) is 6.22. The standard InChI is InChI=1S/C23H21FN4/c1-3-7-19(25)21-22(26-2)20(15-10-16-8-5-4-6-9-16)27-23(28-21)17-11-13-18(24)14-12-17/h4-6,8-9,11-14,25-26H,3,7H2,1-2H3. The zero-order chi connectivity index (χ0) is 19.9. The van der Waals surface area contributed by atoms with Gasteiger partial charge in [-0.1, -0.05) is 37.5 Å². The number of rotatable bonds is 5. The third kappa shape index (κ3) is 4.41. The molecular weight excluding hydrogens is 351 g/mol. The Morgan fingerprint density at radius 1 is 1.04 bits per heavy atom. The van der Waals surface area contributed by atoms with Gasteiger partial charge in [0.2, 0.25) is 0 Å². The van der Waals surface area contributed by atoms with Gasteiger partial charge in [0.1, 0.15) is 17.2 Å². The van der Waals surface area contributed by atoms with E-state index in [-0.39, 0.29) is 5.82 Å². The highest BCUT2D eigenvalue weighted by molar-refractivity contribution is 6.02. The summed E-state index contributed by atoms with van der Waals surface area (Å²) >= 11 is 0. The van der Waals surface area contributed by atoms with Crippen molar-refractivity contribution in [3.63, 3.8) is 0 Å². The molecule has 0 fully saturated rings. The fraction of sp³-hybridized carbons (Fsp3) is 0.174. The van der Waals surface area contributed by atoms with E-state index in [4.69, 9.17) is 5.41 Å². The van der Waals surface area contributed by atoms with Gasteiger partial charge in [-0.3, -0.25) is 0 Å². The summed E-state index contributed by atoms with van der Waals surface area (Å²) in [5.41, 5.74) is 3.63. The summed E-state index contributed by atoms with van der Waals surface area (Å²) in [6, 6.07) is 15.6. The average molecular weight is 372 g/mol. The second-order valence-electron chi connectivity index (χ2n) is 6.22. The maximum Gasteiger partial charge on any atom is 0.161 e. The Hall–Kier alpha value is -3.52. The van der Waals surface area contributed by atoms with Crippen LogP contribution in [-0.4, -0.2) is 22.7 Å². The molecule has 2 aromatic carbocycles. The van der Waals surface area contributed by atoms with Crippen LogP contribution in [0.3, 0.4) is 0 Å². The number of benzene rings is 2. The molecule has 0 aliphatic carbocycles. The molecule has 0 radical (unpaired) electrons. The topological polar surface area (TPSA) is 61.7 Å². The zero-order valence-corrected chi connectivity index (χ0v) is 15.9. The van der Waals surface area contributed by atoms with E-state index in [1.165, 1.54) is 12.1 Å². The summed E-state index contributed by atoms with van der Waals surface area (Å²) in [6.07, 6.45) is 1.43. The Balaban J connectivity index is 2.16. The van der Waals surface area contributed by atoms with Crippen LogP contribution < -0.4 is 5.32 Å². The molecule has 0 saturated heterocycles. The van der Waals surface area contributed by atoms with Crippen molar-refractivity contribution in [1.82, 2.24) is 9.97 Å². The van der Waals surface area contributed by atoms with Crippen molar-refractivity contribution < 1.29 is 4.39 Å². The van der Waals surface area contributed by atoms with Gasteiger partial charge in [0, 0.05) is 18.2 Å². The van der Waals surface area contributed by atoms with E-state index in [1.807, 2.05) is 37.3 Å². The molecule has 0 aliphatic rings. The van der Waals surface area contributed by atoms with Crippen LogP contribution >= 0.6 is 0 Å². The third-order valence-corrected chi connectivity index (χ3v) is 4.15. The lowest BCUT2D eigenvalue weighted by molar-refractivity contribution is 0.628. The molecule has 0 amide bonds. The first-order chi connectivity index (χ1) is 13.6. The average Bonchev–Trinajstić information content (AvgIpc) is 2.73. The number of nitrogens with one attached hydrogen (secondary N) is 2. The van der Waals surface area contributed by atoms with Crippen molar-refractivity contribution in [1.29, 1.82) is 5.41 Å². The fourth-order valence-electron chi connectivity index (χ4n) is 2.76. The van der Waals surface area contributed by atoms with Gasteiger partial charge in [-0.15, -0.1) is 0 Å². The summed E-state index contributed by atoms with van der Waals surface area (Å²) in [5, 5.41) is 11.5. The summed E-state index contributed by atoms with van der Waals surface area (Å²) in [6.45, 7) is 2.02. The number of aromatic nitrogens is 2. The van der Waals surface area contributed by atoms with Gasteiger partial charge >= 0.3 is 0 Å². The van der Waals surface area contributed by atoms with E-state index in [0.717, 1.165) is 12.0 Å². The van der Waals surface area contributed by atoms with Gasteiger partial charge in [0.05, 0.1) is 11.4 Å². The Morgan fingerprint density at radius 3 is 2.39 bits per heavy atom. The lowest BCUT2D eigenvalue weighted by Crippen LogP contribution is -2.11. The predicted molar refractivity (Wildman–Crippen MR) is 111 cm³/mol. The molecule has 0 saturated carbocycles. The highest BCUT2D eigenvalue weighted by Gasteiger charge is 2.16. The van der Waals surface area contributed by atoms with Gasteiger partial charge in [0.15, 0.2) is 5.82 Å². The molecule has 3 rings (SSSR count).